The first-order valence-corrected chi connectivity index (χ1v) is 15.9. The molecule has 2 aromatic heterocycles. The Balaban J connectivity index is 0.000000401. The number of aliphatic hydroxyl groups excluding tert-OH is 1. The Morgan fingerprint density at radius 2 is 1.31 bits per heavy atom. The topological polar surface area (TPSA) is 64.5 Å². The molecule has 0 saturated carbocycles. The number of hydrogen-bond donors (Lipinski definition) is 1. The van der Waals surface area contributed by atoms with Gasteiger partial charge in [0.05, 0.1) is 20.8 Å². The number of halogens is 6. The van der Waals surface area contributed by atoms with Crippen molar-refractivity contribution < 1.29 is 14.6 Å². The van der Waals surface area contributed by atoms with E-state index in [1.165, 1.54) is 7.11 Å². The average molecular weight is 681 g/mol. The highest BCUT2D eigenvalue weighted by Crippen LogP contribution is 2.59. The van der Waals surface area contributed by atoms with Crippen LogP contribution in [0.15, 0.2) is 24.3 Å². The lowest BCUT2D eigenvalue weighted by molar-refractivity contribution is 0.281. The Morgan fingerprint density at radius 1 is 0.923 bits per heavy atom. The van der Waals surface area contributed by atoms with Crippen LogP contribution in [0, 0.1) is 0 Å². The minimum Gasteiger partial charge on any atom is -0.481 e. The van der Waals surface area contributed by atoms with Crippen LogP contribution in [0.25, 0.3) is 0 Å². The van der Waals surface area contributed by atoms with Gasteiger partial charge in [-0.2, -0.15) is 0 Å². The highest BCUT2D eigenvalue weighted by Gasteiger charge is 2.01. The molecule has 2 heterocycles. The van der Waals surface area contributed by atoms with Gasteiger partial charge in [-0.3, -0.25) is 0 Å². The number of aromatic nitrogens is 2. The van der Waals surface area contributed by atoms with Gasteiger partial charge >= 0.3 is 0 Å². The summed E-state index contributed by atoms with van der Waals surface area (Å²) in [7, 11) is 3.07. The van der Waals surface area contributed by atoms with Gasteiger partial charge in [-0.25, -0.2) is 9.97 Å². The van der Waals surface area contributed by atoms with Crippen LogP contribution in [0.4, 0.5) is 0 Å². The predicted octanol–water partition coefficient (Wildman–Crippen LogP) is 7.27. The third-order valence-electron chi connectivity index (χ3n) is 2.53. The Labute approximate surface area is 196 Å². The molecule has 0 radical (unpaired) electrons. The third kappa shape index (κ3) is 11.6. The van der Waals surface area contributed by atoms with Crippen LogP contribution in [-0.4, -0.2) is 29.3 Å². The van der Waals surface area contributed by atoms with Crippen molar-refractivity contribution >= 4 is 89.6 Å². The molecular formula is C14H15Br4Cl2N2O3P. The van der Waals surface area contributed by atoms with E-state index >= 15 is 0 Å². The van der Waals surface area contributed by atoms with Crippen molar-refractivity contribution in [3.05, 3.63) is 45.7 Å². The second-order valence-electron chi connectivity index (χ2n) is 4.09. The van der Waals surface area contributed by atoms with E-state index in [0.29, 0.717) is 27.8 Å². The first-order chi connectivity index (χ1) is 12.3. The molecule has 0 aliphatic carbocycles. The normalized spacial score (nSPS) is 9.62. The van der Waals surface area contributed by atoms with Crippen molar-refractivity contribution in [1.29, 1.82) is 0 Å². The molecule has 5 nitrogen and oxygen atoms in total. The minimum absolute atomic E-state index is 0.101. The van der Waals surface area contributed by atoms with Gasteiger partial charge < -0.3 is 14.6 Å². The average Bonchev–Trinajstić information content (AvgIpc) is 2.61. The lowest BCUT2D eigenvalue weighted by Gasteiger charge is -2.01. The number of rotatable bonds is 4. The molecule has 0 saturated heterocycles. The zero-order valence-electron chi connectivity index (χ0n) is 13.6. The zero-order chi connectivity index (χ0) is 20.1. The molecule has 0 atom stereocenters. The Bertz CT molecular complexity index is 616. The Kier molecular flexibility index (Phi) is 16.2. The molecule has 0 bridgehead atoms. The zero-order valence-corrected chi connectivity index (χ0v) is 22.3. The molecule has 1 N–H and O–H groups in total. The minimum atomic E-state index is -0.183. The summed E-state index contributed by atoms with van der Waals surface area (Å²) in [6.07, 6.45) is 0. The second kappa shape index (κ2) is 15.7. The molecule has 0 spiro atoms. The van der Waals surface area contributed by atoms with Crippen LogP contribution >= 0.6 is 89.6 Å². The van der Waals surface area contributed by atoms with Crippen LogP contribution in [0.2, 0.25) is 10.3 Å². The van der Waals surface area contributed by atoms with Crippen molar-refractivity contribution in [2.75, 3.05) is 14.2 Å². The maximum absolute atomic E-state index is 8.72. The summed E-state index contributed by atoms with van der Waals surface area (Å²) in [4.78, 5) is 7.82. The molecule has 0 aliphatic heterocycles. The Morgan fingerprint density at radius 3 is 1.58 bits per heavy atom. The van der Waals surface area contributed by atoms with E-state index in [9.17, 15) is 0 Å². The second-order valence-corrected chi connectivity index (χ2v) is 20.7. The van der Waals surface area contributed by atoms with Crippen LogP contribution in [0.3, 0.4) is 0 Å². The molecule has 0 amide bonds. The van der Waals surface area contributed by atoms with Crippen LogP contribution in [-0.2, 0) is 11.9 Å². The van der Waals surface area contributed by atoms with Crippen molar-refractivity contribution in [2.24, 2.45) is 0 Å². The van der Waals surface area contributed by atoms with E-state index < -0.39 is 0 Å². The summed E-state index contributed by atoms with van der Waals surface area (Å²) in [5, 5.41) is 10.2. The number of nitrogens with zero attached hydrogens (tertiary/aromatic N) is 2. The molecule has 146 valence electrons. The van der Waals surface area contributed by atoms with Crippen LogP contribution in [0.1, 0.15) is 11.1 Å². The van der Waals surface area contributed by atoms with Gasteiger partial charge in [0, 0.05) is 28.6 Å². The lowest BCUT2D eigenvalue weighted by atomic mass is 10.3. The number of pyridine rings is 2. The van der Waals surface area contributed by atoms with Crippen molar-refractivity contribution in [3.63, 3.8) is 0 Å². The number of ether oxygens (including phenoxy) is 2. The van der Waals surface area contributed by atoms with E-state index in [1.807, 2.05) is 6.07 Å². The van der Waals surface area contributed by atoms with Gasteiger partial charge in [-0.15, -0.1) is 0 Å². The highest BCUT2D eigenvalue weighted by atomic mass is 80.0. The first-order valence-electron chi connectivity index (χ1n) is 6.62. The van der Waals surface area contributed by atoms with Crippen LogP contribution in [0.5, 0.6) is 11.8 Å². The smallest absolute Gasteiger partial charge is 0.214 e. The maximum Gasteiger partial charge on any atom is 0.214 e. The molecule has 0 aromatic carbocycles. The van der Waals surface area contributed by atoms with Gasteiger partial charge in [0.25, 0.3) is 0 Å². The van der Waals surface area contributed by atoms with Gasteiger partial charge in [0.2, 0.25) is 11.8 Å². The van der Waals surface area contributed by atoms with Gasteiger partial charge in [0.1, 0.15) is 14.3 Å². The fourth-order valence-corrected chi connectivity index (χ4v) is 2.37. The first kappa shape index (κ1) is 26.8. The van der Waals surface area contributed by atoms with E-state index in [4.69, 9.17) is 37.8 Å². The molecule has 12 heteroatoms. The number of hydrogen-bond acceptors (Lipinski definition) is 5. The van der Waals surface area contributed by atoms with Crippen molar-refractivity contribution in [2.45, 2.75) is 11.9 Å². The molecule has 0 fully saturated rings. The molecular weight excluding hydrogens is 666 g/mol. The standard InChI is InChI=1S/C7H7BrClNO.C7H8ClNO2.Br3P/c1-11-6-3-2-5(4-8)7(9)10-6;1-11-6-3-2-5(4-10)7(8)9-6;1-4(2)3/h2-3H,4H2,1H3;2-3,10H,4H2,1H3;. The maximum atomic E-state index is 8.72. The molecule has 0 aliphatic rings. The SMILES string of the molecule is BrP(Br)Br.COc1ccc(CBr)c(Cl)n1.COc1ccc(CO)c(Cl)n1. The number of alkyl halides is 1. The predicted molar refractivity (Wildman–Crippen MR) is 124 cm³/mol. The largest absolute Gasteiger partial charge is 0.481 e. The summed E-state index contributed by atoms with van der Waals surface area (Å²) in [5.41, 5.74) is 1.57. The monoisotopic (exact) mass is 676 g/mol. The van der Waals surface area contributed by atoms with E-state index in [-0.39, 0.29) is 15.8 Å². The Hall–Kier alpha value is 0.790. The van der Waals surface area contributed by atoms with E-state index in [2.05, 4.69) is 72.4 Å². The molecule has 0 unspecified atom stereocenters. The van der Waals surface area contributed by atoms with Crippen LogP contribution < -0.4 is 9.47 Å². The van der Waals surface area contributed by atoms with Gasteiger partial charge in [-0.1, -0.05) is 39.1 Å². The summed E-state index contributed by atoms with van der Waals surface area (Å²) >= 11 is 24.2. The van der Waals surface area contributed by atoms with Gasteiger partial charge in [0.15, 0.2) is 0 Å². The molecule has 26 heavy (non-hydrogen) atoms. The lowest BCUT2D eigenvalue weighted by Crippen LogP contribution is -1.91. The van der Waals surface area contributed by atoms with E-state index in [0.717, 1.165) is 5.56 Å². The summed E-state index contributed by atoms with van der Waals surface area (Å²) in [6.45, 7) is -0.101. The third-order valence-corrected chi connectivity index (χ3v) is 3.79. The number of methoxy groups -OCH3 is 2. The summed E-state index contributed by atoms with van der Waals surface area (Å²) in [5.74, 6) is 0.993. The van der Waals surface area contributed by atoms with E-state index in [1.54, 1.807) is 25.3 Å². The highest BCUT2D eigenvalue weighted by molar-refractivity contribution is 9.93. The summed E-state index contributed by atoms with van der Waals surface area (Å²) in [6, 6.07) is 6.98. The fraction of sp³-hybridized carbons (Fsp3) is 0.286. The molecule has 2 rings (SSSR count). The van der Waals surface area contributed by atoms with Crippen molar-refractivity contribution in [1.82, 2.24) is 9.97 Å². The quantitative estimate of drug-likeness (QED) is 0.209. The number of aliphatic hydroxyl groups is 1. The van der Waals surface area contributed by atoms with Gasteiger partial charge in [-0.05, 0) is 58.6 Å². The van der Waals surface area contributed by atoms with Crippen molar-refractivity contribution in [3.8, 4) is 11.8 Å². The fourth-order valence-electron chi connectivity index (χ4n) is 1.34. The summed E-state index contributed by atoms with van der Waals surface area (Å²) < 4.78 is 9.52. The molecule has 2 aromatic rings.